The molecule has 8 heteroatoms. The van der Waals surface area contributed by atoms with Crippen LogP contribution in [0.4, 0.5) is 18.9 Å². The lowest BCUT2D eigenvalue weighted by atomic mass is 9.97. The first-order valence-corrected chi connectivity index (χ1v) is 8.88. The van der Waals surface area contributed by atoms with Crippen LogP contribution in [-0.4, -0.2) is 22.6 Å². The molecule has 0 saturated carbocycles. The standard InChI is InChI=1S/C21H22F3NO4/c1-13(11-18(26)27)14-7-9-16(10-8-14)25-19(28)20(2,3)29-17-6-4-5-15(12-17)21(22,23)24/h4-10,12-13H,11H2,1-3H3,(H,25,28)(H,26,27). The van der Waals surface area contributed by atoms with Crippen LogP contribution in [0.15, 0.2) is 48.5 Å². The Hall–Kier alpha value is -3.03. The van der Waals surface area contributed by atoms with Gasteiger partial charge in [0.05, 0.1) is 12.0 Å². The number of aliphatic carboxylic acids is 1. The summed E-state index contributed by atoms with van der Waals surface area (Å²) in [5, 5.41) is 11.5. The van der Waals surface area contributed by atoms with Crippen molar-refractivity contribution < 1.29 is 32.6 Å². The number of amides is 1. The van der Waals surface area contributed by atoms with E-state index in [2.05, 4.69) is 5.32 Å². The van der Waals surface area contributed by atoms with Gasteiger partial charge in [-0.3, -0.25) is 9.59 Å². The lowest BCUT2D eigenvalue weighted by Crippen LogP contribution is -2.42. The zero-order valence-corrected chi connectivity index (χ0v) is 16.2. The predicted octanol–water partition coefficient (Wildman–Crippen LogP) is 5.08. The van der Waals surface area contributed by atoms with Gasteiger partial charge >= 0.3 is 12.1 Å². The summed E-state index contributed by atoms with van der Waals surface area (Å²) in [6, 6.07) is 11.0. The number of alkyl halides is 3. The zero-order valence-electron chi connectivity index (χ0n) is 16.2. The Labute approximate surface area is 166 Å². The second kappa shape index (κ2) is 8.55. The summed E-state index contributed by atoms with van der Waals surface area (Å²) in [6.07, 6.45) is -4.52. The van der Waals surface area contributed by atoms with E-state index in [0.717, 1.165) is 17.7 Å². The third-order valence-electron chi connectivity index (χ3n) is 4.30. The minimum atomic E-state index is -4.51. The number of anilines is 1. The van der Waals surface area contributed by atoms with Gasteiger partial charge in [0.25, 0.3) is 5.91 Å². The highest BCUT2D eigenvalue weighted by atomic mass is 19.4. The van der Waals surface area contributed by atoms with E-state index in [-0.39, 0.29) is 18.1 Å². The van der Waals surface area contributed by atoms with Crippen LogP contribution in [0, 0.1) is 0 Å². The number of nitrogens with one attached hydrogen (secondary N) is 1. The van der Waals surface area contributed by atoms with Crippen LogP contribution >= 0.6 is 0 Å². The third-order valence-corrected chi connectivity index (χ3v) is 4.30. The largest absolute Gasteiger partial charge is 0.481 e. The van der Waals surface area contributed by atoms with E-state index in [0.29, 0.717) is 5.69 Å². The summed E-state index contributed by atoms with van der Waals surface area (Å²) in [6.45, 7) is 4.69. The topological polar surface area (TPSA) is 75.6 Å². The fourth-order valence-electron chi connectivity index (χ4n) is 2.63. The number of ether oxygens (including phenoxy) is 1. The molecule has 0 aliphatic heterocycles. The number of hydrogen-bond acceptors (Lipinski definition) is 3. The highest BCUT2D eigenvalue weighted by molar-refractivity contribution is 5.97. The molecule has 2 aromatic carbocycles. The van der Waals surface area contributed by atoms with Crippen LogP contribution in [0.5, 0.6) is 5.75 Å². The maximum atomic E-state index is 12.8. The lowest BCUT2D eigenvalue weighted by Gasteiger charge is -2.26. The number of hydrogen-bond donors (Lipinski definition) is 2. The van der Waals surface area contributed by atoms with E-state index in [4.69, 9.17) is 9.84 Å². The van der Waals surface area contributed by atoms with Crippen LogP contribution in [0.1, 0.15) is 44.2 Å². The third kappa shape index (κ3) is 6.23. The van der Waals surface area contributed by atoms with Gasteiger partial charge in [-0.25, -0.2) is 0 Å². The number of carbonyl (C=O) groups excluding carboxylic acids is 1. The quantitative estimate of drug-likeness (QED) is 0.669. The van der Waals surface area contributed by atoms with Crippen molar-refractivity contribution >= 4 is 17.6 Å². The number of halogens is 3. The number of carboxylic acid groups (broad SMARTS) is 1. The van der Waals surface area contributed by atoms with Crippen LogP contribution in [0.2, 0.25) is 0 Å². The molecular formula is C21H22F3NO4. The van der Waals surface area contributed by atoms with Gasteiger partial charge in [0, 0.05) is 5.69 Å². The van der Waals surface area contributed by atoms with Crippen molar-refractivity contribution in [3.8, 4) is 5.75 Å². The molecule has 156 valence electrons. The average molecular weight is 409 g/mol. The van der Waals surface area contributed by atoms with Gasteiger partial charge in [-0.05, 0) is 55.7 Å². The minimum Gasteiger partial charge on any atom is -0.481 e. The molecule has 1 atom stereocenters. The van der Waals surface area contributed by atoms with Crippen LogP contribution < -0.4 is 10.1 Å². The molecule has 0 aliphatic rings. The molecule has 29 heavy (non-hydrogen) atoms. The molecule has 0 spiro atoms. The number of carbonyl (C=O) groups is 2. The molecule has 2 N–H and O–H groups in total. The molecule has 0 radical (unpaired) electrons. The second-order valence-corrected chi connectivity index (χ2v) is 7.21. The van der Waals surface area contributed by atoms with Crippen molar-refractivity contribution in [1.29, 1.82) is 0 Å². The van der Waals surface area contributed by atoms with E-state index in [1.165, 1.54) is 26.0 Å². The predicted molar refractivity (Wildman–Crippen MR) is 102 cm³/mol. The van der Waals surface area contributed by atoms with Crippen molar-refractivity contribution in [1.82, 2.24) is 0 Å². The fraction of sp³-hybridized carbons (Fsp3) is 0.333. The molecule has 1 unspecified atom stereocenters. The first-order valence-electron chi connectivity index (χ1n) is 8.88. The van der Waals surface area contributed by atoms with Gasteiger partial charge in [-0.1, -0.05) is 25.1 Å². The summed E-state index contributed by atoms with van der Waals surface area (Å²) in [5.74, 6) is -1.69. The molecule has 0 bridgehead atoms. The van der Waals surface area contributed by atoms with Gasteiger partial charge in [-0.15, -0.1) is 0 Å². The molecule has 1 amide bonds. The molecule has 2 rings (SSSR count). The summed E-state index contributed by atoms with van der Waals surface area (Å²) < 4.78 is 44.0. The van der Waals surface area contributed by atoms with Gasteiger partial charge in [-0.2, -0.15) is 13.2 Å². The van der Waals surface area contributed by atoms with E-state index in [1.54, 1.807) is 31.2 Å². The van der Waals surface area contributed by atoms with Gasteiger partial charge in [0.2, 0.25) is 0 Å². The van der Waals surface area contributed by atoms with Crippen molar-refractivity contribution in [2.75, 3.05) is 5.32 Å². The van der Waals surface area contributed by atoms with Crippen LogP contribution in [-0.2, 0) is 15.8 Å². The molecule has 0 aliphatic carbocycles. The molecule has 5 nitrogen and oxygen atoms in total. The molecular weight excluding hydrogens is 387 g/mol. The first kappa shape index (κ1) is 22.3. The smallest absolute Gasteiger partial charge is 0.416 e. The number of benzene rings is 2. The minimum absolute atomic E-state index is 0.0104. The maximum absolute atomic E-state index is 12.8. The molecule has 0 heterocycles. The van der Waals surface area contributed by atoms with Crippen LogP contribution in [0.25, 0.3) is 0 Å². The summed E-state index contributed by atoms with van der Waals surface area (Å²) >= 11 is 0. The zero-order chi connectivity index (χ0) is 21.8. The van der Waals surface area contributed by atoms with Crippen LogP contribution in [0.3, 0.4) is 0 Å². The van der Waals surface area contributed by atoms with E-state index in [1.807, 2.05) is 0 Å². The molecule has 0 aromatic heterocycles. The Balaban J connectivity index is 2.06. The SMILES string of the molecule is CC(CC(=O)O)c1ccc(NC(=O)C(C)(C)Oc2cccc(C(F)(F)F)c2)cc1. The number of carboxylic acids is 1. The molecule has 2 aromatic rings. The maximum Gasteiger partial charge on any atom is 0.416 e. The Bertz CT molecular complexity index is 876. The van der Waals surface area contributed by atoms with Crippen molar-refractivity contribution in [3.05, 3.63) is 59.7 Å². The van der Waals surface area contributed by atoms with E-state index >= 15 is 0 Å². The highest BCUT2D eigenvalue weighted by Gasteiger charge is 2.33. The highest BCUT2D eigenvalue weighted by Crippen LogP contribution is 2.32. The number of rotatable bonds is 7. The summed E-state index contributed by atoms with van der Waals surface area (Å²) in [5.41, 5.74) is -1.02. The van der Waals surface area contributed by atoms with Gasteiger partial charge in [0.1, 0.15) is 5.75 Å². The molecule has 0 saturated heterocycles. The van der Waals surface area contributed by atoms with E-state index < -0.39 is 29.2 Å². The summed E-state index contributed by atoms with van der Waals surface area (Å²) in [7, 11) is 0. The monoisotopic (exact) mass is 409 g/mol. The Morgan fingerprint density at radius 3 is 2.28 bits per heavy atom. The van der Waals surface area contributed by atoms with Crippen molar-refractivity contribution in [2.45, 2.75) is 44.9 Å². The normalized spacial score (nSPS) is 12.9. The van der Waals surface area contributed by atoms with Gasteiger partial charge in [0.15, 0.2) is 5.60 Å². The summed E-state index contributed by atoms with van der Waals surface area (Å²) in [4.78, 5) is 23.3. The van der Waals surface area contributed by atoms with Crippen molar-refractivity contribution in [3.63, 3.8) is 0 Å². The second-order valence-electron chi connectivity index (χ2n) is 7.21. The Morgan fingerprint density at radius 2 is 1.72 bits per heavy atom. The molecule has 0 fully saturated rings. The lowest BCUT2D eigenvalue weighted by molar-refractivity contribution is -0.138. The van der Waals surface area contributed by atoms with Gasteiger partial charge < -0.3 is 15.2 Å². The Kier molecular flexibility index (Phi) is 6.56. The average Bonchev–Trinajstić information content (AvgIpc) is 2.60. The Morgan fingerprint density at radius 1 is 1.10 bits per heavy atom. The first-order chi connectivity index (χ1) is 13.4. The fourth-order valence-corrected chi connectivity index (χ4v) is 2.63. The van der Waals surface area contributed by atoms with Crippen molar-refractivity contribution in [2.24, 2.45) is 0 Å². The van der Waals surface area contributed by atoms with E-state index in [9.17, 15) is 22.8 Å².